The summed E-state index contributed by atoms with van der Waals surface area (Å²) >= 11 is 0. The molecule has 4 heteroatoms. The lowest BCUT2D eigenvalue weighted by molar-refractivity contribution is -0.179. The van der Waals surface area contributed by atoms with E-state index >= 15 is 0 Å². The van der Waals surface area contributed by atoms with Crippen molar-refractivity contribution < 1.29 is 14.2 Å². The zero-order chi connectivity index (χ0) is 11.6. The Bertz CT molecular complexity index is 234. The first-order valence-corrected chi connectivity index (χ1v) is 6.99. The second-order valence-corrected chi connectivity index (χ2v) is 5.43. The predicted octanol–water partition coefficient (Wildman–Crippen LogP) is 1.44. The van der Waals surface area contributed by atoms with Crippen LogP contribution in [0, 0.1) is 0 Å². The van der Waals surface area contributed by atoms with Crippen molar-refractivity contribution in [3.8, 4) is 0 Å². The molecule has 0 unspecified atom stereocenters. The van der Waals surface area contributed by atoms with E-state index in [9.17, 15) is 0 Å². The molecular weight excluding hydrogens is 218 g/mol. The van der Waals surface area contributed by atoms with Gasteiger partial charge in [0, 0.05) is 32.0 Å². The van der Waals surface area contributed by atoms with Gasteiger partial charge in [0.05, 0.1) is 19.3 Å². The molecule has 0 aromatic heterocycles. The third-order valence-electron chi connectivity index (χ3n) is 4.22. The van der Waals surface area contributed by atoms with Crippen molar-refractivity contribution in [3.05, 3.63) is 0 Å². The van der Waals surface area contributed by atoms with E-state index in [1.807, 2.05) is 0 Å². The average Bonchev–Trinajstić information content (AvgIpc) is 3.01. The molecular formula is C13H23NO3. The molecule has 2 heterocycles. The lowest BCUT2D eigenvalue weighted by Crippen LogP contribution is -2.43. The SMILES string of the molecule is C1CO[C@H](CNC2CCC3(CC2)OCCO3)C1. The summed E-state index contributed by atoms with van der Waals surface area (Å²) in [6.45, 7) is 3.50. The first-order chi connectivity index (χ1) is 8.36. The molecule has 0 aromatic rings. The summed E-state index contributed by atoms with van der Waals surface area (Å²) in [6, 6.07) is 0.623. The van der Waals surface area contributed by atoms with Crippen molar-refractivity contribution in [2.24, 2.45) is 0 Å². The van der Waals surface area contributed by atoms with E-state index in [1.54, 1.807) is 0 Å². The Morgan fingerprint density at radius 1 is 1.00 bits per heavy atom. The van der Waals surface area contributed by atoms with Gasteiger partial charge in [0.25, 0.3) is 0 Å². The first kappa shape index (κ1) is 11.9. The van der Waals surface area contributed by atoms with Gasteiger partial charge in [-0.1, -0.05) is 0 Å². The molecule has 1 aliphatic carbocycles. The van der Waals surface area contributed by atoms with Crippen molar-refractivity contribution >= 4 is 0 Å². The number of ether oxygens (including phenoxy) is 3. The molecule has 3 aliphatic rings. The molecule has 4 nitrogen and oxygen atoms in total. The maximum Gasteiger partial charge on any atom is 0.168 e. The molecule has 0 radical (unpaired) electrons. The Balaban J connectivity index is 1.39. The van der Waals surface area contributed by atoms with E-state index < -0.39 is 0 Å². The first-order valence-electron chi connectivity index (χ1n) is 6.99. The van der Waals surface area contributed by atoms with Gasteiger partial charge in [-0.05, 0) is 25.7 Å². The summed E-state index contributed by atoms with van der Waals surface area (Å²) in [5.74, 6) is -0.220. The molecule has 0 bridgehead atoms. The van der Waals surface area contributed by atoms with Crippen LogP contribution in [0.3, 0.4) is 0 Å². The van der Waals surface area contributed by atoms with Gasteiger partial charge >= 0.3 is 0 Å². The number of hydrogen-bond donors (Lipinski definition) is 1. The zero-order valence-electron chi connectivity index (χ0n) is 10.5. The van der Waals surface area contributed by atoms with Crippen LogP contribution in [0.2, 0.25) is 0 Å². The zero-order valence-corrected chi connectivity index (χ0v) is 10.5. The topological polar surface area (TPSA) is 39.7 Å². The fourth-order valence-electron chi connectivity index (χ4n) is 3.15. The molecule has 3 fully saturated rings. The van der Waals surface area contributed by atoms with Crippen LogP contribution in [0.15, 0.2) is 0 Å². The Hall–Kier alpha value is -0.160. The molecule has 1 atom stereocenters. The maximum atomic E-state index is 5.73. The average molecular weight is 241 g/mol. The Labute approximate surface area is 103 Å². The van der Waals surface area contributed by atoms with Crippen LogP contribution in [0.25, 0.3) is 0 Å². The van der Waals surface area contributed by atoms with E-state index in [0.29, 0.717) is 12.1 Å². The minimum Gasteiger partial charge on any atom is -0.377 e. The summed E-state index contributed by atoms with van der Waals surface area (Å²) in [6.07, 6.45) is 7.29. The highest BCUT2D eigenvalue weighted by Crippen LogP contribution is 2.35. The second-order valence-electron chi connectivity index (χ2n) is 5.43. The van der Waals surface area contributed by atoms with E-state index in [4.69, 9.17) is 14.2 Å². The molecule has 3 rings (SSSR count). The summed E-state index contributed by atoms with van der Waals surface area (Å²) in [7, 11) is 0. The quantitative estimate of drug-likeness (QED) is 0.811. The predicted molar refractivity (Wildman–Crippen MR) is 63.9 cm³/mol. The molecule has 98 valence electrons. The maximum absolute atomic E-state index is 5.73. The van der Waals surface area contributed by atoms with E-state index in [1.165, 1.54) is 12.8 Å². The van der Waals surface area contributed by atoms with Gasteiger partial charge in [-0.25, -0.2) is 0 Å². The monoisotopic (exact) mass is 241 g/mol. The van der Waals surface area contributed by atoms with Crippen molar-refractivity contribution in [1.82, 2.24) is 5.32 Å². The molecule has 2 aliphatic heterocycles. The minimum absolute atomic E-state index is 0.220. The van der Waals surface area contributed by atoms with Crippen LogP contribution in [-0.4, -0.2) is 44.3 Å². The van der Waals surface area contributed by atoms with Gasteiger partial charge < -0.3 is 19.5 Å². The minimum atomic E-state index is -0.220. The molecule has 17 heavy (non-hydrogen) atoms. The molecule has 0 amide bonds. The van der Waals surface area contributed by atoms with Crippen LogP contribution in [0.1, 0.15) is 38.5 Å². The van der Waals surface area contributed by atoms with Crippen molar-refractivity contribution in [3.63, 3.8) is 0 Å². The molecule has 1 spiro atoms. The van der Waals surface area contributed by atoms with Crippen molar-refractivity contribution in [1.29, 1.82) is 0 Å². The Morgan fingerprint density at radius 2 is 1.76 bits per heavy atom. The van der Waals surface area contributed by atoms with E-state index in [0.717, 1.165) is 52.0 Å². The summed E-state index contributed by atoms with van der Waals surface area (Å²) in [5, 5.41) is 3.63. The highest BCUT2D eigenvalue weighted by molar-refractivity contribution is 4.86. The number of nitrogens with one attached hydrogen (secondary N) is 1. The van der Waals surface area contributed by atoms with E-state index in [-0.39, 0.29) is 5.79 Å². The fourth-order valence-corrected chi connectivity index (χ4v) is 3.15. The normalized spacial score (nSPS) is 33.5. The highest BCUT2D eigenvalue weighted by atomic mass is 16.7. The molecule has 1 N–H and O–H groups in total. The van der Waals surface area contributed by atoms with Crippen LogP contribution in [0.5, 0.6) is 0 Å². The fraction of sp³-hybridized carbons (Fsp3) is 1.00. The molecule has 1 saturated carbocycles. The third-order valence-corrected chi connectivity index (χ3v) is 4.22. The summed E-state index contributed by atoms with van der Waals surface area (Å²) < 4.78 is 17.1. The Kier molecular flexibility index (Phi) is 3.66. The van der Waals surface area contributed by atoms with Gasteiger partial charge in [-0.3, -0.25) is 0 Å². The van der Waals surface area contributed by atoms with Gasteiger partial charge in [0.2, 0.25) is 0 Å². The second kappa shape index (κ2) is 5.22. The van der Waals surface area contributed by atoms with Crippen LogP contribution in [-0.2, 0) is 14.2 Å². The summed E-state index contributed by atoms with van der Waals surface area (Å²) in [4.78, 5) is 0. The number of hydrogen-bond acceptors (Lipinski definition) is 4. The molecule has 2 saturated heterocycles. The van der Waals surface area contributed by atoms with Crippen molar-refractivity contribution in [2.75, 3.05) is 26.4 Å². The van der Waals surface area contributed by atoms with Gasteiger partial charge in [0.15, 0.2) is 5.79 Å². The summed E-state index contributed by atoms with van der Waals surface area (Å²) in [5.41, 5.74) is 0. The standard InChI is InChI=1S/C13H23NO3/c1-2-12(15-7-1)10-14-11-3-5-13(6-4-11)16-8-9-17-13/h11-12,14H,1-10H2/t12-/m0/s1. The van der Waals surface area contributed by atoms with Crippen LogP contribution >= 0.6 is 0 Å². The lowest BCUT2D eigenvalue weighted by Gasteiger charge is -2.36. The number of rotatable bonds is 3. The van der Waals surface area contributed by atoms with Gasteiger partial charge in [-0.15, -0.1) is 0 Å². The lowest BCUT2D eigenvalue weighted by atomic mass is 9.90. The smallest absolute Gasteiger partial charge is 0.168 e. The van der Waals surface area contributed by atoms with Gasteiger partial charge in [0.1, 0.15) is 0 Å². The van der Waals surface area contributed by atoms with Crippen LogP contribution in [0.4, 0.5) is 0 Å². The van der Waals surface area contributed by atoms with Gasteiger partial charge in [-0.2, -0.15) is 0 Å². The highest BCUT2D eigenvalue weighted by Gasteiger charge is 2.40. The molecule has 0 aromatic carbocycles. The van der Waals surface area contributed by atoms with Crippen LogP contribution < -0.4 is 5.32 Å². The van der Waals surface area contributed by atoms with Crippen molar-refractivity contribution in [2.45, 2.75) is 56.5 Å². The largest absolute Gasteiger partial charge is 0.377 e. The third kappa shape index (κ3) is 2.81. The van der Waals surface area contributed by atoms with E-state index in [2.05, 4.69) is 5.32 Å². The Morgan fingerprint density at radius 3 is 2.41 bits per heavy atom.